The summed E-state index contributed by atoms with van der Waals surface area (Å²) < 4.78 is 7.80. The van der Waals surface area contributed by atoms with E-state index in [1.54, 1.807) is 0 Å². The minimum absolute atomic E-state index is 0.106. The van der Waals surface area contributed by atoms with Gasteiger partial charge < -0.3 is 14.2 Å². The molecule has 1 aliphatic rings. The van der Waals surface area contributed by atoms with Gasteiger partial charge in [-0.05, 0) is 43.5 Å². The SMILES string of the molecule is CCn1c(COc2ccccc2)nnc1SCC(=O)N1CCCc2ccccc21. The molecule has 0 spiro atoms. The maximum Gasteiger partial charge on any atom is 0.237 e. The monoisotopic (exact) mass is 408 g/mol. The third-order valence-electron chi connectivity index (χ3n) is 4.96. The molecule has 6 nitrogen and oxygen atoms in total. The van der Waals surface area contributed by atoms with Crippen LogP contribution < -0.4 is 9.64 Å². The van der Waals surface area contributed by atoms with Crippen LogP contribution in [0.1, 0.15) is 24.7 Å². The quantitative estimate of drug-likeness (QED) is 0.554. The summed E-state index contributed by atoms with van der Waals surface area (Å²) in [5, 5.41) is 9.30. The normalized spacial score (nSPS) is 13.2. The molecule has 0 atom stereocenters. The molecular formula is C22H24N4O2S. The van der Waals surface area contributed by atoms with Gasteiger partial charge in [0, 0.05) is 18.8 Å². The van der Waals surface area contributed by atoms with E-state index in [4.69, 9.17) is 4.74 Å². The van der Waals surface area contributed by atoms with Crippen LogP contribution in [-0.4, -0.2) is 33.0 Å². The smallest absolute Gasteiger partial charge is 0.237 e. The average molecular weight is 409 g/mol. The van der Waals surface area contributed by atoms with Crippen LogP contribution in [0.4, 0.5) is 5.69 Å². The number of aromatic nitrogens is 3. The predicted octanol–water partition coefficient (Wildman–Crippen LogP) is 3.95. The number of benzene rings is 2. The van der Waals surface area contributed by atoms with Gasteiger partial charge in [0.15, 0.2) is 11.0 Å². The van der Waals surface area contributed by atoms with Crippen molar-refractivity contribution in [3.05, 3.63) is 66.0 Å². The molecule has 0 aliphatic carbocycles. The van der Waals surface area contributed by atoms with E-state index in [0.29, 0.717) is 12.4 Å². The lowest BCUT2D eigenvalue weighted by molar-refractivity contribution is -0.116. The molecule has 0 N–H and O–H groups in total. The molecule has 3 aromatic rings. The van der Waals surface area contributed by atoms with Crippen molar-refractivity contribution in [2.75, 3.05) is 17.2 Å². The molecule has 0 unspecified atom stereocenters. The molecule has 7 heteroatoms. The van der Waals surface area contributed by atoms with Crippen LogP contribution in [0, 0.1) is 0 Å². The number of ether oxygens (including phenoxy) is 1. The summed E-state index contributed by atoms with van der Waals surface area (Å²) in [6, 6.07) is 17.8. The van der Waals surface area contributed by atoms with E-state index in [1.165, 1.54) is 17.3 Å². The second kappa shape index (κ2) is 9.13. The summed E-state index contributed by atoms with van der Waals surface area (Å²) in [6.07, 6.45) is 2.03. The minimum atomic E-state index is 0.106. The van der Waals surface area contributed by atoms with Gasteiger partial charge in [0.1, 0.15) is 12.4 Å². The molecule has 4 rings (SSSR count). The van der Waals surface area contributed by atoms with E-state index in [0.717, 1.165) is 48.3 Å². The van der Waals surface area contributed by atoms with Crippen molar-refractivity contribution in [2.45, 2.75) is 38.1 Å². The zero-order valence-electron chi connectivity index (χ0n) is 16.5. The third-order valence-corrected chi connectivity index (χ3v) is 5.91. The number of para-hydroxylation sites is 2. The first-order valence-corrected chi connectivity index (χ1v) is 10.9. The van der Waals surface area contributed by atoms with Gasteiger partial charge in [0.05, 0.1) is 5.75 Å². The molecule has 0 radical (unpaired) electrons. The lowest BCUT2D eigenvalue weighted by atomic mass is 10.0. The Hall–Kier alpha value is -2.80. The van der Waals surface area contributed by atoms with E-state index in [9.17, 15) is 4.79 Å². The number of carbonyl (C=O) groups excluding carboxylic acids is 1. The van der Waals surface area contributed by atoms with Crippen molar-refractivity contribution in [1.82, 2.24) is 14.8 Å². The Labute approximate surface area is 174 Å². The number of amides is 1. The van der Waals surface area contributed by atoms with Crippen LogP contribution in [-0.2, 0) is 24.4 Å². The van der Waals surface area contributed by atoms with E-state index in [-0.39, 0.29) is 5.91 Å². The third kappa shape index (κ3) is 4.45. The van der Waals surface area contributed by atoms with Crippen LogP contribution in [0.15, 0.2) is 59.8 Å². The van der Waals surface area contributed by atoms with Crippen LogP contribution >= 0.6 is 11.8 Å². The number of rotatable bonds is 7. The highest BCUT2D eigenvalue weighted by Gasteiger charge is 2.23. The minimum Gasteiger partial charge on any atom is -0.486 e. The molecule has 150 valence electrons. The van der Waals surface area contributed by atoms with Gasteiger partial charge in [-0.15, -0.1) is 10.2 Å². The number of nitrogens with zero attached hydrogens (tertiary/aromatic N) is 4. The Balaban J connectivity index is 1.40. The van der Waals surface area contributed by atoms with E-state index < -0.39 is 0 Å². The van der Waals surface area contributed by atoms with Crippen LogP contribution in [0.2, 0.25) is 0 Å². The summed E-state index contributed by atoms with van der Waals surface area (Å²) in [7, 11) is 0. The Kier molecular flexibility index (Phi) is 6.14. The molecular weight excluding hydrogens is 384 g/mol. The van der Waals surface area contributed by atoms with Crippen LogP contribution in [0.25, 0.3) is 0 Å². The van der Waals surface area contributed by atoms with Crippen LogP contribution in [0.3, 0.4) is 0 Å². The molecule has 0 fully saturated rings. The molecule has 1 aliphatic heterocycles. The number of carbonyl (C=O) groups is 1. The number of aryl methyl sites for hydroxylation is 1. The van der Waals surface area contributed by atoms with Gasteiger partial charge in [-0.1, -0.05) is 48.2 Å². The Bertz CT molecular complexity index is 974. The zero-order chi connectivity index (χ0) is 20.1. The molecule has 29 heavy (non-hydrogen) atoms. The molecule has 1 aromatic heterocycles. The van der Waals surface area contributed by atoms with E-state index >= 15 is 0 Å². The molecule has 0 bridgehead atoms. The van der Waals surface area contributed by atoms with Crippen molar-refractivity contribution in [3.63, 3.8) is 0 Å². The van der Waals surface area contributed by atoms with Gasteiger partial charge >= 0.3 is 0 Å². The van der Waals surface area contributed by atoms with Crippen molar-refractivity contribution in [1.29, 1.82) is 0 Å². The maximum atomic E-state index is 12.9. The summed E-state index contributed by atoms with van der Waals surface area (Å²) in [4.78, 5) is 14.8. The molecule has 0 saturated carbocycles. The lowest BCUT2D eigenvalue weighted by Crippen LogP contribution is -2.36. The van der Waals surface area contributed by atoms with Gasteiger partial charge in [0.25, 0.3) is 0 Å². The summed E-state index contributed by atoms with van der Waals surface area (Å²) in [5.41, 5.74) is 2.28. The lowest BCUT2D eigenvalue weighted by Gasteiger charge is -2.29. The summed E-state index contributed by atoms with van der Waals surface area (Å²) in [5.74, 6) is 2.00. The summed E-state index contributed by atoms with van der Waals surface area (Å²) in [6.45, 7) is 3.89. The number of thioether (sulfide) groups is 1. The highest BCUT2D eigenvalue weighted by atomic mass is 32.2. The predicted molar refractivity (Wildman–Crippen MR) is 114 cm³/mol. The number of hydrogen-bond acceptors (Lipinski definition) is 5. The standard InChI is InChI=1S/C22H24N4O2S/c1-2-25-20(15-28-18-11-4-3-5-12-18)23-24-22(25)29-16-21(27)26-14-8-10-17-9-6-7-13-19(17)26/h3-7,9,11-13H,2,8,10,14-16H2,1H3. The fourth-order valence-electron chi connectivity index (χ4n) is 3.51. The molecule has 0 saturated heterocycles. The molecule has 2 aromatic carbocycles. The second-order valence-electron chi connectivity index (χ2n) is 6.81. The average Bonchev–Trinajstić information content (AvgIpc) is 3.18. The van der Waals surface area contributed by atoms with Crippen molar-refractivity contribution in [2.24, 2.45) is 0 Å². The van der Waals surface area contributed by atoms with Crippen molar-refractivity contribution >= 4 is 23.4 Å². The first-order chi connectivity index (χ1) is 14.3. The fourth-order valence-corrected chi connectivity index (χ4v) is 4.41. The largest absolute Gasteiger partial charge is 0.486 e. The first-order valence-electron chi connectivity index (χ1n) is 9.87. The topological polar surface area (TPSA) is 60.2 Å². The van der Waals surface area contributed by atoms with E-state index in [1.807, 2.05) is 64.9 Å². The van der Waals surface area contributed by atoms with Gasteiger partial charge in [-0.25, -0.2) is 0 Å². The van der Waals surface area contributed by atoms with Gasteiger partial charge in [-0.2, -0.15) is 0 Å². The highest BCUT2D eigenvalue weighted by Crippen LogP contribution is 2.28. The number of hydrogen-bond donors (Lipinski definition) is 0. The highest BCUT2D eigenvalue weighted by molar-refractivity contribution is 7.99. The van der Waals surface area contributed by atoms with Crippen molar-refractivity contribution < 1.29 is 9.53 Å². The van der Waals surface area contributed by atoms with Gasteiger partial charge in [0.2, 0.25) is 5.91 Å². The molecule has 2 heterocycles. The molecule has 1 amide bonds. The summed E-state index contributed by atoms with van der Waals surface area (Å²) >= 11 is 1.43. The Morgan fingerprint density at radius 3 is 2.72 bits per heavy atom. The number of anilines is 1. The second-order valence-corrected chi connectivity index (χ2v) is 7.75. The zero-order valence-corrected chi connectivity index (χ0v) is 17.3. The Morgan fingerprint density at radius 2 is 1.90 bits per heavy atom. The number of fused-ring (bicyclic) bond motifs is 1. The van der Waals surface area contributed by atoms with Crippen LogP contribution in [0.5, 0.6) is 5.75 Å². The first kappa shape index (κ1) is 19.5. The maximum absolute atomic E-state index is 12.9. The van der Waals surface area contributed by atoms with Crippen molar-refractivity contribution in [3.8, 4) is 5.75 Å². The van der Waals surface area contributed by atoms with E-state index in [2.05, 4.69) is 16.3 Å². The Morgan fingerprint density at radius 1 is 1.10 bits per heavy atom. The fraction of sp³-hybridized carbons (Fsp3) is 0.318. The van der Waals surface area contributed by atoms with Gasteiger partial charge in [-0.3, -0.25) is 4.79 Å².